The van der Waals surface area contributed by atoms with Crippen molar-refractivity contribution in [2.24, 2.45) is 0 Å². The number of nitrogens with one attached hydrogen (secondary N) is 1. The van der Waals surface area contributed by atoms with Crippen LogP contribution in [0, 0.1) is 0 Å². The molecule has 1 fully saturated rings. The zero-order valence-corrected chi connectivity index (χ0v) is 10.8. The Kier molecular flexibility index (Phi) is 2.90. The predicted molar refractivity (Wildman–Crippen MR) is 67.9 cm³/mol. The van der Waals surface area contributed by atoms with Gasteiger partial charge in [-0.1, -0.05) is 22.4 Å². The summed E-state index contributed by atoms with van der Waals surface area (Å²) in [6, 6.07) is 7.02. The fraction of sp³-hybridized carbons (Fsp3) is 0.538. The molecule has 2 aliphatic rings. The van der Waals surface area contributed by atoms with Crippen LogP contribution in [0.3, 0.4) is 0 Å². The second-order valence-corrected chi connectivity index (χ2v) is 5.65. The lowest BCUT2D eigenvalue weighted by atomic mass is 9.93. The largest absolute Gasteiger partial charge is 0.488 e. The Morgan fingerprint density at radius 3 is 3.00 bits per heavy atom. The normalized spacial score (nSPS) is 23.7. The summed E-state index contributed by atoms with van der Waals surface area (Å²) in [5.74, 6) is 1.06. The number of halogens is 1. The topological polar surface area (TPSA) is 21.3 Å². The summed E-state index contributed by atoms with van der Waals surface area (Å²) in [7, 11) is 0. The third-order valence-corrected chi connectivity index (χ3v) is 4.00. The standard InChI is InChI=1S/C13H16BrNO/c14-10-4-5-13-9(6-10)7-12(16-13)8-15-11-2-1-3-11/h4-6,11-12,15H,1-3,7-8H2. The van der Waals surface area contributed by atoms with E-state index < -0.39 is 0 Å². The number of hydrogen-bond acceptors (Lipinski definition) is 2. The highest BCUT2D eigenvalue weighted by Gasteiger charge is 2.24. The van der Waals surface area contributed by atoms with E-state index in [0.29, 0.717) is 6.10 Å². The molecule has 2 nitrogen and oxygen atoms in total. The summed E-state index contributed by atoms with van der Waals surface area (Å²) >= 11 is 3.50. The molecule has 3 heteroatoms. The molecule has 0 amide bonds. The maximum Gasteiger partial charge on any atom is 0.123 e. The van der Waals surface area contributed by atoms with Crippen molar-refractivity contribution in [2.75, 3.05) is 6.54 Å². The number of fused-ring (bicyclic) bond motifs is 1. The molecule has 1 aliphatic heterocycles. The van der Waals surface area contributed by atoms with Gasteiger partial charge in [-0.3, -0.25) is 0 Å². The Morgan fingerprint density at radius 1 is 1.38 bits per heavy atom. The first kappa shape index (κ1) is 10.6. The molecule has 86 valence electrons. The third kappa shape index (κ3) is 2.11. The molecule has 0 aromatic heterocycles. The first-order valence-electron chi connectivity index (χ1n) is 6.00. The van der Waals surface area contributed by atoms with Crippen LogP contribution >= 0.6 is 15.9 Å². The molecule has 1 saturated carbocycles. The van der Waals surface area contributed by atoms with E-state index in [1.165, 1.54) is 24.8 Å². The summed E-state index contributed by atoms with van der Waals surface area (Å²) in [4.78, 5) is 0. The van der Waals surface area contributed by atoms with Crippen molar-refractivity contribution in [1.82, 2.24) is 5.32 Å². The highest BCUT2D eigenvalue weighted by molar-refractivity contribution is 9.10. The Balaban J connectivity index is 1.57. The van der Waals surface area contributed by atoms with Gasteiger partial charge in [0.1, 0.15) is 11.9 Å². The van der Waals surface area contributed by atoms with E-state index in [1.54, 1.807) is 0 Å². The molecule has 1 N–H and O–H groups in total. The average Bonchev–Trinajstić information content (AvgIpc) is 2.57. The highest BCUT2D eigenvalue weighted by Crippen LogP contribution is 2.31. The van der Waals surface area contributed by atoms with E-state index in [2.05, 4.69) is 33.4 Å². The maximum absolute atomic E-state index is 5.90. The van der Waals surface area contributed by atoms with Gasteiger partial charge in [-0.15, -0.1) is 0 Å². The average molecular weight is 282 g/mol. The number of rotatable bonds is 3. The Labute approximate surface area is 105 Å². The van der Waals surface area contributed by atoms with E-state index in [-0.39, 0.29) is 0 Å². The van der Waals surface area contributed by atoms with E-state index >= 15 is 0 Å². The molecule has 0 spiro atoms. The minimum Gasteiger partial charge on any atom is -0.488 e. The minimum absolute atomic E-state index is 0.324. The van der Waals surface area contributed by atoms with Gasteiger partial charge in [0.2, 0.25) is 0 Å². The first-order chi connectivity index (χ1) is 7.81. The lowest BCUT2D eigenvalue weighted by molar-refractivity contribution is 0.207. The van der Waals surface area contributed by atoms with Crippen LogP contribution in [0.5, 0.6) is 5.75 Å². The van der Waals surface area contributed by atoms with Gasteiger partial charge in [0.15, 0.2) is 0 Å². The van der Waals surface area contributed by atoms with Gasteiger partial charge >= 0.3 is 0 Å². The first-order valence-corrected chi connectivity index (χ1v) is 6.79. The van der Waals surface area contributed by atoms with Crippen molar-refractivity contribution >= 4 is 15.9 Å². The number of ether oxygens (including phenoxy) is 1. The molecular formula is C13H16BrNO. The van der Waals surface area contributed by atoms with E-state index in [1.807, 2.05) is 6.07 Å². The molecule has 0 bridgehead atoms. The van der Waals surface area contributed by atoms with Gasteiger partial charge in [0.25, 0.3) is 0 Å². The van der Waals surface area contributed by atoms with Crippen LogP contribution in [0.15, 0.2) is 22.7 Å². The van der Waals surface area contributed by atoms with Crippen molar-refractivity contribution in [3.63, 3.8) is 0 Å². The zero-order valence-electron chi connectivity index (χ0n) is 9.21. The number of benzene rings is 1. The predicted octanol–water partition coefficient (Wildman–Crippen LogP) is 2.89. The lowest BCUT2D eigenvalue weighted by Crippen LogP contribution is -2.41. The fourth-order valence-electron chi connectivity index (χ4n) is 2.31. The summed E-state index contributed by atoms with van der Waals surface area (Å²) in [6.07, 6.45) is 5.42. The summed E-state index contributed by atoms with van der Waals surface area (Å²) in [5.41, 5.74) is 1.33. The van der Waals surface area contributed by atoms with Crippen LogP contribution in [0.2, 0.25) is 0 Å². The quantitative estimate of drug-likeness (QED) is 0.920. The van der Waals surface area contributed by atoms with Gasteiger partial charge in [-0.25, -0.2) is 0 Å². The molecule has 1 atom stereocenters. The van der Waals surface area contributed by atoms with Crippen molar-refractivity contribution in [1.29, 1.82) is 0 Å². The summed E-state index contributed by atoms with van der Waals surface area (Å²) < 4.78 is 7.04. The molecule has 1 aromatic rings. The molecule has 1 aliphatic carbocycles. The molecule has 0 radical (unpaired) electrons. The second-order valence-electron chi connectivity index (χ2n) is 4.73. The monoisotopic (exact) mass is 281 g/mol. The molecule has 16 heavy (non-hydrogen) atoms. The van der Waals surface area contributed by atoms with Crippen molar-refractivity contribution in [3.05, 3.63) is 28.2 Å². The molecule has 0 saturated heterocycles. The van der Waals surface area contributed by atoms with Crippen LogP contribution in [0.4, 0.5) is 0 Å². The van der Waals surface area contributed by atoms with E-state index in [4.69, 9.17) is 4.74 Å². The lowest BCUT2D eigenvalue weighted by Gasteiger charge is -2.27. The van der Waals surface area contributed by atoms with Crippen LogP contribution in [-0.4, -0.2) is 18.7 Å². The zero-order chi connectivity index (χ0) is 11.0. The molecule has 3 rings (SSSR count). The third-order valence-electron chi connectivity index (χ3n) is 3.50. The second kappa shape index (κ2) is 4.38. The van der Waals surface area contributed by atoms with Gasteiger partial charge < -0.3 is 10.1 Å². The van der Waals surface area contributed by atoms with Gasteiger partial charge in [0, 0.05) is 23.5 Å². The SMILES string of the molecule is Brc1ccc2c(c1)CC(CNC1CCC1)O2. The Hall–Kier alpha value is -0.540. The van der Waals surface area contributed by atoms with Crippen LogP contribution < -0.4 is 10.1 Å². The Bertz CT molecular complexity index is 390. The van der Waals surface area contributed by atoms with Crippen molar-refractivity contribution < 1.29 is 4.74 Å². The summed E-state index contributed by atoms with van der Waals surface area (Å²) in [6.45, 7) is 0.983. The van der Waals surface area contributed by atoms with Gasteiger partial charge in [-0.2, -0.15) is 0 Å². The van der Waals surface area contributed by atoms with E-state index in [0.717, 1.165) is 29.2 Å². The van der Waals surface area contributed by atoms with Crippen molar-refractivity contribution in [2.45, 2.75) is 37.8 Å². The van der Waals surface area contributed by atoms with Crippen LogP contribution in [0.25, 0.3) is 0 Å². The van der Waals surface area contributed by atoms with Gasteiger partial charge in [0.05, 0.1) is 0 Å². The number of hydrogen-bond donors (Lipinski definition) is 1. The summed E-state index contributed by atoms with van der Waals surface area (Å²) in [5, 5.41) is 3.57. The Morgan fingerprint density at radius 2 is 2.25 bits per heavy atom. The molecule has 1 aromatic carbocycles. The molecule has 1 unspecified atom stereocenters. The van der Waals surface area contributed by atoms with Crippen LogP contribution in [0.1, 0.15) is 24.8 Å². The highest BCUT2D eigenvalue weighted by atomic mass is 79.9. The minimum atomic E-state index is 0.324. The smallest absolute Gasteiger partial charge is 0.123 e. The van der Waals surface area contributed by atoms with Gasteiger partial charge in [-0.05, 0) is 36.6 Å². The van der Waals surface area contributed by atoms with Crippen LogP contribution in [-0.2, 0) is 6.42 Å². The van der Waals surface area contributed by atoms with E-state index in [9.17, 15) is 0 Å². The maximum atomic E-state index is 5.90. The fourth-order valence-corrected chi connectivity index (χ4v) is 2.72. The van der Waals surface area contributed by atoms with Crippen molar-refractivity contribution in [3.8, 4) is 5.75 Å². The molecule has 1 heterocycles. The molecular weight excluding hydrogens is 266 g/mol.